The first-order chi connectivity index (χ1) is 9.67. The van der Waals surface area contributed by atoms with Crippen LogP contribution in [0.5, 0.6) is 5.75 Å². The van der Waals surface area contributed by atoms with Crippen LogP contribution in [-0.4, -0.2) is 17.2 Å². The van der Waals surface area contributed by atoms with Crippen molar-refractivity contribution in [2.24, 2.45) is 0 Å². The summed E-state index contributed by atoms with van der Waals surface area (Å²) in [4.78, 5) is 3.26. The monoisotopic (exact) mass is 287 g/mol. The maximum Gasteiger partial charge on any atom is 0.266 e. The summed E-state index contributed by atoms with van der Waals surface area (Å²) in [6.45, 7) is 0. The molecule has 102 valence electrons. The molecule has 2 N–H and O–H groups in total. The van der Waals surface area contributed by atoms with E-state index in [9.17, 15) is 5.11 Å². The minimum absolute atomic E-state index is 0.327. The Morgan fingerprint density at radius 1 is 1.20 bits per heavy atom. The molecule has 1 heterocycles. The van der Waals surface area contributed by atoms with Gasteiger partial charge in [0.2, 0.25) is 0 Å². The lowest BCUT2D eigenvalue weighted by atomic mass is 10.0. The Morgan fingerprint density at radius 2 is 2.00 bits per heavy atom. The fourth-order valence-electron chi connectivity index (χ4n) is 2.14. The van der Waals surface area contributed by atoms with Gasteiger partial charge in [-0.25, -0.2) is 0 Å². The van der Waals surface area contributed by atoms with Crippen molar-refractivity contribution in [3.63, 3.8) is 0 Å². The van der Waals surface area contributed by atoms with Gasteiger partial charge in [0.15, 0.2) is 5.58 Å². The molecule has 1 aromatic heterocycles. The van der Waals surface area contributed by atoms with Crippen LogP contribution >= 0.6 is 12.2 Å². The van der Waals surface area contributed by atoms with Crippen LogP contribution in [0, 0.1) is 4.84 Å². The first-order valence-electron chi connectivity index (χ1n) is 6.12. The second-order valence-corrected chi connectivity index (χ2v) is 4.82. The van der Waals surface area contributed by atoms with Gasteiger partial charge in [-0.1, -0.05) is 18.2 Å². The summed E-state index contributed by atoms with van der Waals surface area (Å²) in [6, 6.07) is 12.8. The number of hydrogen-bond donors (Lipinski definition) is 2. The van der Waals surface area contributed by atoms with Crippen LogP contribution in [0.1, 0.15) is 17.2 Å². The van der Waals surface area contributed by atoms with Gasteiger partial charge in [0.05, 0.1) is 12.6 Å². The number of aromatic nitrogens is 1. The average molecular weight is 287 g/mol. The molecular weight excluding hydrogens is 274 g/mol. The van der Waals surface area contributed by atoms with E-state index in [0.29, 0.717) is 16.2 Å². The lowest BCUT2D eigenvalue weighted by Gasteiger charge is -2.12. The van der Waals surface area contributed by atoms with Gasteiger partial charge in [0.25, 0.3) is 4.84 Å². The van der Waals surface area contributed by atoms with E-state index < -0.39 is 6.10 Å². The largest absolute Gasteiger partial charge is 0.497 e. The van der Waals surface area contributed by atoms with E-state index in [0.717, 1.165) is 16.6 Å². The molecule has 0 radical (unpaired) electrons. The summed E-state index contributed by atoms with van der Waals surface area (Å²) in [7, 11) is 1.60. The predicted molar refractivity (Wildman–Crippen MR) is 78.5 cm³/mol. The molecule has 0 spiro atoms. The first kappa shape index (κ1) is 12.9. The third-order valence-corrected chi connectivity index (χ3v) is 3.36. The number of fused-ring (bicyclic) bond motifs is 1. The molecule has 0 aliphatic carbocycles. The van der Waals surface area contributed by atoms with Crippen molar-refractivity contribution in [1.29, 1.82) is 0 Å². The number of benzene rings is 2. The number of methoxy groups -OCH3 is 1. The van der Waals surface area contributed by atoms with Crippen LogP contribution in [0.4, 0.5) is 0 Å². The molecule has 0 aliphatic heterocycles. The molecule has 0 fully saturated rings. The lowest BCUT2D eigenvalue weighted by Crippen LogP contribution is -1.99. The number of hydrogen-bond acceptors (Lipinski definition) is 4. The van der Waals surface area contributed by atoms with Crippen molar-refractivity contribution < 1.29 is 14.3 Å². The molecule has 1 unspecified atom stereocenters. The Morgan fingerprint density at radius 3 is 2.80 bits per heavy atom. The number of nitrogens with one attached hydrogen (secondary N) is 1. The van der Waals surface area contributed by atoms with Crippen molar-refractivity contribution in [1.82, 2.24) is 4.98 Å². The Bertz CT molecular complexity index is 806. The highest BCUT2D eigenvalue weighted by Gasteiger charge is 2.12. The fourth-order valence-corrected chi connectivity index (χ4v) is 2.34. The van der Waals surface area contributed by atoms with Gasteiger partial charge < -0.3 is 19.2 Å². The van der Waals surface area contributed by atoms with Crippen molar-refractivity contribution in [2.75, 3.05) is 7.11 Å². The predicted octanol–water partition coefficient (Wildman–Crippen LogP) is 3.58. The number of aliphatic hydroxyl groups excluding tert-OH is 1. The SMILES string of the molecule is COc1cccc(C(O)c2ccc3[nH]c(=S)oc3c2)c1. The van der Waals surface area contributed by atoms with Crippen molar-refractivity contribution in [3.05, 3.63) is 58.4 Å². The number of ether oxygens (including phenoxy) is 1. The third kappa shape index (κ3) is 2.33. The Kier molecular flexibility index (Phi) is 3.30. The summed E-state index contributed by atoms with van der Waals surface area (Å²) in [5, 5.41) is 10.4. The quantitative estimate of drug-likeness (QED) is 0.723. The van der Waals surface area contributed by atoms with Crippen LogP contribution in [-0.2, 0) is 0 Å². The molecule has 1 atom stereocenters. The van der Waals surface area contributed by atoms with E-state index in [4.69, 9.17) is 21.4 Å². The van der Waals surface area contributed by atoms with Gasteiger partial charge in [-0.15, -0.1) is 0 Å². The number of oxazole rings is 1. The Hall–Kier alpha value is -2.11. The van der Waals surface area contributed by atoms with E-state index in [1.165, 1.54) is 0 Å². The summed E-state index contributed by atoms with van der Waals surface area (Å²) < 4.78 is 10.5. The van der Waals surface area contributed by atoms with Crippen LogP contribution in [0.15, 0.2) is 46.9 Å². The molecule has 3 aromatic rings. The second-order valence-electron chi connectivity index (χ2n) is 4.45. The fraction of sp³-hybridized carbons (Fsp3) is 0.133. The smallest absolute Gasteiger partial charge is 0.266 e. The maximum atomic E-state index is 10.4. The summed E-state index contributed by atoms with van der Waals surface area (Å²) in [6.07, 6.45) is -0.742. The van der Waals surface area contributed by atoms with Crippen LogP contribution in [0.2, 0.25) is 0 Å². The Balaban J connectivity index is 2.02. The highest BCUT2D eigenvalue weighted by atomic mass is 32.1. The van der Waals surface area contributed by atoms with E-state index >= 15 is 0 Å². The zero-order valence-electron chi connectivity index (χ0n) is 10.8. The molecule has 2 aromatic carbocycles. The minimum Gasteiger partial charge on any atom is -0.497 e. The van der Waals surface area contributed by atoms with Crippen molar-refractivity contribution in [2.45, 2.75) is 6.10 Å². The highest BCUT2D eigenvalue weighted by molar-refractivity contribution is 7.71. The number of rotatable bonds is 3. The molecule has 0 aliphatic rings. The van der Waals surface area contributed by atoms with Crippen LogP contribution < -0.4 is 4.74 Å². The summed E-state index contributed by atoms with van der Waals surface area (Å²) >= 11 is 4.95. The topological polar surface area (TPSA) is 58.4 Å². The van der Waals surface area contributed by atoms with E-state index in [-0.39, 0.29) is 0 Å². The third-order valence-electron chi connectivity index (χ3n) is 3.17. The van der Waals surface area contributed by atoms with Gasteiger partial charge in [-0.3, -0.25) is 0 Å². The molecule has 3 rings (SSSR count). The van der Waals surface area contributed by atoms with Gasteiger partial charge in [0.1, 0.15) is 11.9 Å². The molecule has 0 bridgehead atoms. The van der Waals surface area contributed by atoms with Gasteiger partial charge in [-0.05, 0) is 47.6 Å². The molecule has 0 saturated carbocycles. The van der Waals surface area contributed by atoms with Crippen molar-refractivity contribution in [3.8, 4) is 5.75 Å². The van der Waals surface area contributed by atoms with Gasteiger partial charge in [-0.2, -0.15) is 0 Å². The normalized spacial score (nSPS) is 12.5. The molecule has 0 saturated heterocycles. The van der Waals surface area contributed by atoms with E-state index in [1.807, 2.05) is 36.4 Å². The summed E-state index contributed by atoms with van der Waals surface area (Å²) in [5.74, 6) is 0.710. The zero-order valence-corrected chi connectivity index (χ0v) is 11.6. The van der Waals surface area contributed by atoms with Crippen LogP contribution in [0.3, 0.4) is 0 Å². The van der Waals surface area contributed by atoms with E-state index in [2.05, 4.69) is 4.98 Å². The lowest BCUT2D eigenvalue weighted by molar-refractivity contribution is 0.220. The maximum absolute atomic E-state index is 10.4. The number of aromatic amines is 1. The second kappa shape index (κ2) is 5.11. The first-order valence-corrected chi connectivity index (χ1v) is 6.53. The molecule has 4 nitrogen and oxygen atoms in total. The molecular formula is C15H13NO3S. The standard InChI is InChI=1S/C15H13NO3S/c1-18-11-4-2-3-9(7-11)14(17)10-5-6-12-13(8-10)19-15(20)16-12/h2-8,14,17H,1H3,(H,16,20). The number of H-pyrrole nitrogens is 1. The van der Waals surface area contributed by atoms with Gasteiger partial charge in [0, 0.05) is 0 Å². The molecule has 0 amide bonds. The zero-order chi connectivity index (χ0) is 14.1. The van der Waals surface area contributed by atoms with Gasteiger partial charge >= 0.3 is 0 Å². The Labute approximate surface area is 120 Å². The highest BCUT2D eigenvalue weighted by Crippen LogP contribution is 2.27. The van der Waals surface area contributed by atoms with Crippen LogP contribution in [0.25, 0.3) is 11.1 Å². The minimum atomic E-state index is -0.742. The van der Waals surface area contributed by atoms with E-state index in [1.54, 1.807) is 13.2 Å². The average Bonchev–Trinajstić information content (AvgIpc) is 2.85. The number of aliphatic hydroxyl groups is 1. The summed E-state index contributed by atoms with van der Waals surface area (Å²) in [5.41, 5.74) is 2.95. The molecule has 20 heavy (non-hydrogen) atoms. The molecule has 5 heteroatoms. The van der Waals surface area contributed by atoms with Crippen molar-refractivity contribution >= 4 is 23.3 Å².